The van der Waals surface area contributed by atoms with Crippen molar-refractivity contribution in [1.29, 1.82) is 0 Å². The second-order valence-corrected chi connectivity index (χ2v) is 5.69. The highest BCUT2D eigenvalue weighted by Crippen LogP contribution is 2.21. The lowest BCUT2D eigenvalue weighted by Crippen LogP contribution is -2.13. The van der Waals surface area contributed by atoms with Crippen LogP contribution < -0.4 is 5.32 Å². The second-order valence-electron chi connectivity index (χ2n) is 5.69. The van der Waals surface area contributed by atoms with Gasteiger partial charge in [-0.2, -0.15) is 4.98 Å². The number of nitrogens with one attached hydrogen (secondary N) is 1. The third-order valence-corrected chi connectivity index (χ3v) is 3.75. The highest BCUT2D eigenvalue weighted by Gasteiger charge is 2.17. The Morgan fingerprint density at radius 3 is 2.46 bits per heavy atom. The zero-order valence-corrected chi connectivity index (χ0v) is 13.8. The van der Waals surface area contributed by atoms with E-state index in [0.29, 0.717) is 11.7 Å². The average molecular weight is 346 g/mol. The van der Waals surface area contributed by atoms with E-state index in [1.165, 1.54) is 0 Å². The van der Waals surface area contributed by atoms with Gasteiger partial charge in [0.1, 0.15) is 0 Å². The van der Waals surface area contributed by atoms with E-state index in [9.17, 15) is 4.79 Å². The summed E-state index contributed by atoms with van der Waals surface area (Å²) in [6, 6.07) is 18.6. The molecule has 2 aromatic heterocycles. The van der Waals surface area contributed by atoms with Crippen LogP contribution in [0.15, 0.2) is 69.7 Å². The molecule has 2 aromatic carbocycles. The van der Waals surface area contributed by atoms with E-state index in [2.05, 4.69) is 20.6 Å². The Morgan fingerprint density at radius 2 is 1.69 bits per heavy atom. The Morgan fingerprint density at radius 1 is 0.923 bits per heavy atom. The lowest BCUT2D eigenvalue weighted by atomic mass is 10.1. The molecule has 0 aliphatic rings. The molecule has 0 aliphatic heterocycles. The molecule has 0 radical (unpaired) electrons. The average Bonchev–Trinajstić information content (AvgIpc) is 3.33. The molecule has 0 atom stereocenters. The van der Waals surface area contributed by atoms with Gasteiger partial charge in [0.05, 0.1) is 0 Å². The van der Waals surface area contributed by atoms with E-state index >= 15 is 0 Å². The molecule has 0 bridgehead atoms. The molecule has 4 aromatic rings. The van der Waals surface area contributed by atoms with Gasteiger partial charge in [-0.3, -0.25) is 10.1 Å². The number of carbonyl (C=O) groups is 1. The predicted molar refractivity (Wildman–Crippen MR) is 94.4 cm³/mol. The van der Waals surface area contributed by atoms with Crippen molar-refractivity contribution in [2.24, 2.45) is 0 Å². The minimum absolute atomic E-state index is 0.0647. The van der Waals surface area contributed by atoms with E-state index in [-0.39, 0.29) is 11.6 Å². The van der Waals surface area contributed by atoms with Crippen LogP contribution in [0.1, 0.15) is 16.1 Å². The molecule has 7 heteroatoms. The Hall–Kier alpha value is -3.74. The molecule has 2 heterocycles. The van der Waals surface area contributed by atoms with Crippen LogP contribution in [0.25, 0.3) is 22.8 Å². The minimum atomic E-state index is -0.479. The van der Waals surface area contributed by atoms with E-state index in [1.807, 2.05) is 61.5 Å². The first-order chi connectivity index (χ1) is 12.7. The first kappa shape index (κ1) is 15.8. The van der Waals surface area contributed by atoms with Crippen LogP contribution in [0, 0.1) is 6.92 Å². The number of carbonyl (C=O) groups excluding carboxylic acids is 1. The van der Waals surface area contributed by atoms with Gasteiger partial charge in [-0.1, -0.05) is 53.2 Å². The number of anilines is 1. The summed E-state index contributed by atoms with van der Waals surface area (Å²) < 4.78 is 10.4. The highest BCUT2D eigenvalue weighted by atomic mass is 16.5. The maximum absolute atomic E-state index is 12.3. The van der Waals surface area contributed by atoms with Crippen LogP contribution in [-0.2, 0) is 0 Å². The molecule has 128 valence electrons. The number of nitrogens with zero attached hydrogens (tertiary/aromatic N) is 3. The number of hydrogen-bond acceptors (Lipinski definition) is 6. The third kappa shape index (κ3) is 3.23. The molecule has 26 heavy (non-hydrogen) atoms. The monoisotopic (exact) mass is 346 g/mol. The molecule has 1 amide bonds. The number of rotatable bonds is 4. The largest absolute Gasteiger partial charge is 0.355 e. The summed E-state index contributed by atoms with van der Waals surface area (Å²) in [5, 5.41) is 10.1. The van der Waals surface area contributed by atoms with Crippen molar-refractivity contribution in [1.82, 2.24) is 15.3 Å². The lowest BCUT2D eigenvalue weighted by Gasteiger charge is -1.95. The van der Waals surface area contributed by atoms with Gasteiger partial charge in [-0.25, -0.2) is 0 Å². The van der Waals surface area contributed by atoms with E-state index < -0.39 is 5.91 Å². The molecule has 0 spiro atoms. The fourth-order valence-corrected chi connectivity index (χ4v) is 2.37. The van der Waals surface area contributed by atoms with Crippen molar-refractivity contribution < 1.29 is 13.8 Å². The van der Waals surface area contributed by atoms with Gasteiger partial charge in [0, 0.05) is 17.2 Å². The summed E-state index contributed by atoms with van der Waals surface area (Å²) in [5.41, 5.74) is 2.87. The first-order valence-electron chi connectivity index (χ1n) is 7.93. The summed E-state index contributed by atoms with van der Waals surface area (Å²) in [6.45, 7) is 1.99. The fourth-order valence-electron chi connectivity index (χ4n) is 2.37. The maximum atomic E-state index is 12.3. The smallest absolute Gasteiger partial charge is 0.280 e. The summed E-state index contributed by atoms with van der Waals surface area (Å²) in [5.74, 6) is 0.414. The summed E-state index contributed by atoms with van der Waals surface area (Å²) >= 11 is 0. The Labute approximate surface area is 148 Å². The zero-order chi connectivity index (χ0) is 17.9. The van der Waals surface area contributed by atoms with Crippen LogP contribution in [-0.4, -0.2) is 21.2 Å². The Balaban J connectivity index is 1.49. The molecule has 0 saturated heterocycles. The highest BCUT2D eigenvalue weighted by molar-refractivity contribution is 6.02. The van der Waals surface area contributed by atoms with Crippen LogP contribution in [0.4, 0.5) is 5.95 Å². The van der Waals surface area contributed by atoms with Gasteiger partial charge in [-0.05, 0) is 24.2 Å². The number of aryl methyl sites for hydroxylation is 1. The van der Waals surface area contributed by atoms with E-state index in [1.54, 1.807) is 6.07 Å². The predicted octanol–water partition coefficient (Wildman–Crippen LogP) is 3.95. The van der Waals surface area contributed by atoms with Crippen molar-refractivity contribution >= 4 is 11.9 Å². The van der Waals surface area contributed by atoms with Gasteiger partial charge < -0.3 is 9.05 Å². The van der Waals surface area contributed by atoms with Crippen molar-refractivity contribution in [3.8, 4) is 22.8 Å². The maximum Gasteiger partial charge on any atom is 0.280 e. The number of amides is 1. The number of aromatic nitrogens is 3. The van der Waals surface area contributed by atoms with Crippen LogP contribution >= 0.6 is 0 Å². The van der Waals surface area contributed by atoms with Crippen molar-refractivity contribution in [3.63, 3.8) is 0 Å². The zero-order valence-electron chi connectivity index (χ0n) is 13.8. The van der Waals surface area contributed by atoms with Crippen LogP contribution in [0.3, 0.4) is 0 Å². The number of benzene rings is 2. The molecule has 0 aliphatic carbocycles. The van der Waals surface area contributed by atoms with E-state index in [4.69, 9.17) is 9.05 Å². The van der Waals surface area contributed by atoms with Crippen LogP contribution in [0.5, 0.6) is 0 Å². The Bertz CT molecular complexity index is 1040. The molecule has 4 rings (SSSR count). The third-order valence-electron chi connectivity index (χ3n) is 3.75. The molecular weight excluding hydrogens is 332 g/mol. The fraction of sp³-hybridized carbons (Fsp3) is 0.0526. The standard InChI is InChI=1S/C19H14N4O3/c1-12-7-9-14(10-8-12)18-21-19(23-26-18)20-17(24)15-11-16(25-22-15)13-5-3-2-4-6-13/h2-11H,1H3,(H,20,23,24). The van der Waals surface area contributed by atoms with Gasteiger partial charge in [-0.15, -0.1) is 0 Å². The lowest BCUT2D eigenvalue weighted by molar-refractivity contribution is 0.101. The van der Waals surface area contributed by atoms with Crippen molar-refractivity contribution in [2.75, 3.05) is 5.32 Å². The molecule has 0 unspecified atom stereocenters. The molecule has 0 saturated carbocycles. The normalized spacial score (nSPS) is 10.7. The summed E-state index contributed by atoms with van der Waals surface area (Å²) in [7, 11) is 0. The van der Waals surface area contributed by atoms with Crippen molar-refractivity contribution in [3.05, 3.63) is 71.9 Å². The van der Waals surface area contributed by atoms with Gasteiger partial charge in [0.25, 0.3) is 17.7 Å². The minimum Gasteiger partial charge on any atom is -0.355 e. The van der Waals surface area contributed by atoms with Gasteiger partial charge in [0.2, 0.25) is 0 Å². The SMILES string of the molecule is Cc1ccc(-c2nc(NC(=O)c3cc(-c4ccccc4)on3)no2)cc1. The second kappa shape index (κ2) is 6.64. The van der Waals surface area contributed by atoms with Gasteiger partial charge in [0.15, 0.2) is 11.5 Å². The summed E-state index contributed by atoms with van der Waals surface area (Å²) in [4.78, 5) is 16.5. The topological polar surface area (TPSA) is 94.1 Å². The molecular formula is C19H14N4O3. The quantitative estimate of drug-likeness (QED) is 0.601. The van der Waals surface area contributed by atoms with Gasteiger partial charge >= 0.3 is 0 Å². The Kier molecular flexibility index (Phi) is 4.03. The number of hydrogen-bond donors (Lipinski definition) is 1. The van der Waals surface area contributed by atoms with E-state index in [0.717, 1.165) is 16.7 Å². The molecule has 1 N–H and O–H groups in total. The first-order valence-corrected chi connectivity index (χ1v) is 7.93. The summed E-state index contributed by atoms with van der Waals surface area (Å²) in [6.07, 6.45) is 0. The molecule has 0 fully saturated rings. The van der Waals surface area contributed by atoms with Crippen molar-refractivity contribution in [2.45, 2.75) is 6.92 Å². The van der Waals surface area contributed by atoms with Crippen LogP contribution in [0.2, 0.25) is 0 Å². The molecule has 7 nitrogen and oxygen atoms in total.